The lowest BCUT2D eigenvalue weighted by Gasteiger charge is -2.17. The first-order chi connectivity index (χ1) is 13.0. The lowest BCUT2D eigenvalue weighted by Crippen LogP contribution is -2.31. The Morgan fingerprint density at radius 3 is 2.56 bits per heavy atom. The van der Waals surface area contributed by atoms with Crippen molar-refractivity contribution >= 4 is 5.91 Å². The van der Waals surface area contributed by atoms with Gasteiger partial charge in [-0.05, 0) is 47.9 Å². The van der Waals surface area contributed by atoms with Crippen LogP contribution in [0.4, 0.5) is 4.39 Å². The highest BCUT2D eigenvalue weighted by Crippen LogP contribution is 2.34. The Labute approximate surface area is 157 Å². The molecule has 0 bridgehead atoms. The summed E-state index contributed by atoms with van der Waals surface area (Å²) in [6.45, 7) is 2.99. The minimum atomic E-state index is -0.265. The summed E-state index contributed by atoms with van der Waals surface area (Å²) in [6, 6.07) is 8.40. The SMILES string of the molecule is CC(=O)N1CCc2nccc(-c3cn(C)nc3-c3ccc(F)cc3)c2CC1. The van der Waals surface area contributed by atoms with Crippen LogP contribution in [-0.4, -0.2) is 38.7 Å². The molecule has 3 aromatic rings. The maximum Gasteiger partial charge on any atom is 0.219 e. The van der Waals surface area contributed by atoms with Gasteiger partial charge >= 0.3 is 0 Å². The third-order valence-corrected chi connectivity index (χ3v) is 5.08. The van der Waals surface area contributed by atoms with Crippen LogP contribution in [0.3, 0.4) is 0 Å². The van der Waals surface area contributed by atoms with Crippen molar-refractivity contribution in [1.82, 2.24) is 19.7 Å². The number of rotatable bonds is 2. The van der Waals surface area contributed by atoms with E-state index in [9.17, 15) is 9.18 Å². The molecule has 2 aromatic heterocycles. The maximum atomic E-state index is 13.3. The van der Waals surface area contributed by atoms with Crippen molar-refractivity contribution in [3.63, 3.8) is 0 Å². The second-order valence-corrected chi connectivity index (χ2v) is 6.86. The minimum absolute atomic E-state index is 0.0951. The molecule has 1 aliphatic heterocycles. The molecular weight excluding hydrogens is 343 g/mol. The van der Waals surface area contributed by atoms with Gasteiger partial charge in [-0.25, -0.2) is 4.39 Å². The fourth-order valence-corrected chi connectivity index (χ4v) is 3.70. The fourth-order valence-electron chi connectivity index (χ4n) is 3.70. The van der Waals surface area contributed by atoms with Crippen molar-refractivity contribution in [2.24, 2.45) is 7.05 Å². The monoisotopic (exact) mass is 364 g/mol. The van der Waals surface area contributed by atoms with Crippen LogP contribution in [0.2, 0.25) is 0 Å². The molecular formula is C21H21FN4O. The van der Waals surface area contributed by atoms with Crippen LogP contribution in [0, 0.1) is 5.82 Å². The van der Waals surface area contributed by atoms with Crippen molar-refractivity contribution in [3.05, 3.63) is 59.8 Å². The zero-order chi connectivity index (χ0) is 19.0. The molecule has 3 heterocycles. The molecule has 4 rings (SSSR count). The Morgan fingerprint density at radius 1 is 1.07 bits per heavy atom. The van der Waals surface area contributed by atoms with E-state index in [4.69, 9.17) is 0 Å². The van der Waals surface area contributed by atoms with Gasteiger partial charge in [0.05, 0.1) is 0 Å². The van der Waals surface area contributed by atoms with Gasteiger partial charge in [0, 0.05) is 62.7 Å². The van der Waals surface area contributed by atoms with Crippen LogP contribution in [-0.2, 0) is 24.7 Å². The van der Waals surface area contributed by atoms with E-state index in [0.29, 0.717) is 13.1 Å². The number of aromatic nitrogens is 3. The summed E-state index contributed by atoms with van der Waals surface area (Å²) < 4.78 is 15.1. The lowest BCUT2D eigenvalue weighted by atomic mass is 9.95. The highest BCUT2D eigenvalue weighted by molar-refractivity contribution is 5.82. The number of hydrogen-bond donors (Lipinski definition) is 0. The van der Waals surface area contributed by atoms with Crippen molar-refractivity contribution in [1.29, 1.82) is 0 Å². The lowest BCUT2D eigenvalue weighted by molar-refractivity contribution is -0.128. The van der Waals surface area contributed by atoms with Crippen molar-refractivity contribution in [3.8, 4) is 22.4 Å². The van der Waals surface area contributed by atoms with E-state index in [0.717, 1.165) is 46.5 Å². The third-order valence-electron chi connectivity index (χ3n) is 5.08. The topological polar surface area (TPSA) is 51.0 Å². The molecule has 0 spiro atoms. The van der Waals surface area contributed by atoms with Gasteiger partial charge in [-0.3, -0.25) is 14.5 Å². The molecule has 1 aromatic carbocycles. The van der Waals surface area contributed by atoms with Crippen molar-refractivity contribution < 1.29 is 9.18 Å². The van der Waals surface area contributed by atoms with Gasteiger partial charge in [-0.2, -0.15) is 5.10 Å². The van der Waals surface area contributed by atoms with Crippen LogP contribution in [0.25, 0.3) is 22.4 Å². The normalized spacial score (nSPS) is 14.0. The van der Waals surface area contributed by atoms with Crippen LogP contribution >= 0.6 is 0 Å². The van der Waals surface area contributed by atoms with E-state index in [-0.39, 0.29) is 11.7 Å². The smallest absolute Gasteiger partial charge is 0.219 e. The molecule has 1 aliphatic rings. The zero-order valence-electron chi connectivity index (χ0n) is 15.4. The Bertz CT molecular complexity index is 994. The number of fused-ring (bicyclic) bond motifs is 1. The molecule has 0 unspecified atom stereocenters. The van der Waals surface area contributed by atoms with Gasteiger partial charge in [-0.1, -0.05) is 0 Å². The number of pyridine rings is 1. The Morgan fingerprint density at radius 2 is 1.81 bits per heavy atom. The fraction of sp³-hybridized carbons (Fsp3) is 0.286. The Balaban J connectivity index is 1.80. The molecule has 0 radical (unpaired) electrons. The molecule has 0 aliphatic carbocycles. The molecule has 0 saturated carbocycles. The third kappa shape index (κ3) is 3.35. The van der Waals surface area contributed by atoms with E-state index in [1.165, 1.54) is 12.1 Å². The largest absolute Gasteiger partial charge is 0.342 e. The Hall–Kier alpha value is -3.02. The number of amides is 1. The second-order valence-electron chi connectivity index (χ2n) is 6.86. The highest BCUT2D eigenvalue weighted by atomic mass is 19.1. The van der Waals surface area contributed by atoms with E-state index in [1.54, 1.807) is 23.7 Å². The minimum Gasteiger partial charge on any atom is -0.342 e. The number of benzene rings is 1. The van der Waals surface area contributed by atoms with Gasteiger partial charge in [0.2, 0.25) is 5.91 Å². The van der Waals surface area contributed by atoms with Crippen molar-refractivity contribution in [2.45, 2.75) is 19.8 Å². The first-order valence-electron chi connectivity index (χ1n) is 9.05. The van der Waals surface area contributed by atoms with Crippen LogP contribution < -0.4 is 0 Å². The number of halogens is 1. The summed E-state index contributed by atoms with van der Waals surface area (Å²) in [5.74, 6) is -0.170. The first-order valence-corrected chi connectivity index (χ1v) is 9.05. The standard InChI is InChI=1S/C21H21FN4O/c1-14(27)26-11-8-18-17(7-10-23-20(18)9-12-26)19-13-25(2)24-21(19)15-3-5-16(22)6-4-15/h3-7,10,13H,8-9,11-12H2,1-2H3. The number of nitrogens with zero attached hydrogens (tertiary/aromatic N) is 4. The molecule has 0 atom stereocenters. The summed E-state index contributed by atoms with van der Waals surface area (Å²) in [4.78, 5) is 18.2. The second kappa shape index (κ2) is 6.95. The van der Waals surface area contributed by atoms with Gasteiger partial charge < -0.3 is 4.90 Å². The van der Waals surface area contributed by atoms with E-state index >= 15 is 0 Å². The highest BCUT2D eigenvalue weighted by Gasteiger charge is 2.22. The molecule has 0 saturated heterocycles. The Kier molecular flexibility index (Phi) is 4.48. The molecule has 5 nitrogen and oxygen atoms in total. The molecule has 0 N–H and O–H groups in total. The number of carbonyl (C=O) groups excluding carboxylic acids is 1. The molecule has 1 amide bonds. The van der Waals surface area contributed by atoms with E-state index < -0.39 is 0 Å². The van der Waals surface area contributed by atoms with Crippen molar-refractivity contribution in [2.75, 3.05) is 13.1 Å². The first kappa shape index (κ1) is 17.4. The van der Waals surface area contributed by atoms with Gasteiger partial charge in [0.25, 0.3) is 0 Å². The maximum absolute atomic E-state index is 13.3. The predicted octanol–water partition coefficient (Wildman–Crippen LogP) is 3.24. The van der Waals surface area contributed by atoms with Gasteiger partial charge in [-0.15, -0.1) is 0 Å². The zero-order valence-corrected chi connectivity index (χ0v) is 15.4. The summed E-state index contributed by atoms with van der Waals surface area (Å²) >= 11 is 0. The van der Waals surface area contributed by atoms with Crippen LogP contribution in [0.15, 0.2) is 42.7 Å². The summed E-state index contributed by atoms with van der Waals surface area (Å²) in [5.41, 5.74) is 5.97. The van der Waals surface area contributed by atoms with Crippen LogP contribution in [0.1, 0.15) is 18.2 Å². The average Bonchev–Trinajstić information content (AvgIpc) is 2.90. The molecule has 138 valence electrons. The summed E-state index contributed by atoms with van der Waals surface area (Å²) in [7, 11) is 1.88. The average molecular weight is 364 g/mol. The van der Waals surface area contributed by atoms with Gasteiger partial charge in [0.15, 0.2) is 0 Å². The summed E-state index contributed by atoms with van der Waals surface area (Å²) in [6.07, 6.45) is 5.31. The molecule has 27 heavy (non-hydrogen) atoms. The molecule has 0 fully saturated rings. The number of hydrogen-bond acceptors (Lipinski definition) is 3. The van der Waals surface area contributed by atoms with Gasteiger partial charge in [0.1, 0.15) is 11.5 Å². The summed E-state index contributed by atoms with van der Waals surface area (Å²) in [5, 5.41) is 4.61. The van der Waals surface area contributed by atoms with E-state index in [2.05, 4.69) is 10.1 Å². The number of carbonyl (C=O) groups is 1. The van der Waals surface area contributed by atoms with E-state index in [1.807, 2.05) is 30.4 Å². The molecule has 6 heteroatoms. The quantitative estimate of drug-likeness (QED) is 0.701. The number of aryl methyl sites for hydroxylation is 1. The van der Waals surface area contributed by atoms with Crippen LogP contribution in [0.5, 0.6) is 0 Å². The predicted molar refractivity (Wildman–Crippen MR) is 101 cm³/mol.